The van der Waals surface area contributed by atoms with Gasteiger partial charge in [0.15, 0.2) is 5.78 Å². The average Bonchev–Trinajstić information content (AvgIpc) is 2.41. The summed E-state index contributed by atoms with van der Waals surface area (Å²) in [4.78, 5) is 22.3. The third-order valence-electron chi connectivity index (χ3n) is 2.11. The van der Waals surface area contributed by atoms with Gasteiger partial charge in [-0.15, -0.1) is 0 Å². The van der Waals surface area contributed by atoms with Gasteiger partial charge in [0.1, 0.15) is 5.82 Å². The number of fused-ring (bicyclic) bond motifs is 1. The third-order valence-corrected chi connectivity index (χ3v) is 2.11. The molecule has 1 N–H and O–H groups in total. The number of rotatable bonds is 1. The normalized spacial score (nSPS) is 16.4. The molecule has 1 aliphatic rings. The lowest BCUT2D eigenvalue weighted by Gasteiger charge is -1.96. The maximum Gasteiger partial charge on any atom is 0.256 e. The molecule has 0 spiro atoms. The van der Waals surface area contributed by atoms with Gasteiger partial charge in [0, 0.05) is 5.56 Å². The first-order valence-electron chi connectivity index (χ1n) is 4.41. The number of hydrogen-bond acceptors (Lipinski definition) is 2. The van der Waals surface area contributed by atoms with Gasteiger partial charge in [-0.3, -0.25) is 9.59 Å². The number of benzene rings is 1. The van der Waals surface area contributed by atoms with Crippen LogP contribution in [0.15, 0.2) is 24.3 Å². The van der Waals surface area contributed by atoms with Gasteiger partial charge in [0.05, 0.1) is 11.3 Å². The second-order valence-electron chi connectivity index (χ2n) is 3.31. The number of amides is 1. The number of nitrogens with one attached hydrogen (secondary N) is 1. The molecule has 0 saturated carbocycles. The van der Waals surface area contributed by atoms with Crippen molar-refractivity contribution in [1.82, 2.24) is 0 Å². The third kappa shape index (κ3) is 1.66. The van der Waals surface area contributed by atoms with E-state index >= 15 is 0 Å². The van der Waals surface area contributed by atoms with E-state index in [1.165, 1.54) is 31.2 Å². The molecule has 0 unspecified atom stereocenters. The van der Waals surface area contributed by atoms with E-state index < -0.39 is 5.82 Å². The molecule has 0 atom stereocenters. The maximum atomic E-state index is 12.8. The Hall–Kier alpha value is -1.97. The highest BCUT2D eigenvalue weighted by atomic mass is 19.1. The summed E-state index contributed by atoms with van der Waals surface area (Å²) in [6.07, 6.45) is 1.25. The van der Waals surface area contributed by atoms with Crippen molar-refractivity contribution in [3.63, 3.8) is 0 Å². The van der Waals surface area contributed by atoms with Crippen molar-refractivity contribution in [3.05, 3.63) is 35.7 Å². The van der Waals surface area contributed by atoms with Crippen LogP contribution in [-0.4, -0.2) is 11.7 Å². The lowest BCUT2D eigenvalue weighted by atomic mass is 10.1. The highest BCUT2D eigenvalue weighted by Crippen LogP contribution is 2.31. The Bertz CT molecular complexity index is 491. The molecular weight excluding hydrogens is 197 g/mol. The number of allylic oxidation sites excluding steroid dienone is 1. The Kier molecular flexibility index (Phi) is 2.11. The minimum Gasteiger partial charge on any atom is -0.321 e. The summed E-state index contributed by atoms with van der Waals surface area (Å²) in [6, 6.07) is 3.97. The lowest BCUT2D eigenvalue weighted by molar-refractivity contribution is -0.113. The van der Waals surface area contributed by atoms with Gasteiger partial charge in [-0.05, 0) is 31.2 Å². The zero-order chi connectivity index (χ0) is 11.0. The highest BCUT2D eigenvalue weighted by molar-refractivity contribution is 6.33. The molecule has 76 valence electrons. The molecule has 4 heteroatoms. The van der Waals surface area contributed by atoms with E-state index in [4.69, 9.17) is 0 Å². The Morgan fingerprint density at radius 3 is 2.87 bits per heavy atom. The monoisotopic (exact) mass is 205 g/mol. The van der Waals surface area contributed by atoms with E-state index in [1.807, 2.05) is 0 Å². The standard InChI is InChI=1S/C11H8FNO2/c1-6(14)4-9-8-3-2-7(12)5-10(8)13-11(9)15/h2-5H,1H3,(H,13,15)/b9-4+. The first-order chi connectivity index (χ1) is 7.08. The molecule has 2 rings (SSSR count). The number of hydrogen-bond donors (Lipinski definition) is 1. The van der Waals surface area contributed by atoms with Crippen LogP contribution in [0, 0.1) is 5.82 Å². The lowest BCUT2D eigenvalue weighted by Crippen LogP contribution is -2.04. The van der Waals surface area contributed by atoms with E-state index in [2.05, 4.69) is 5.32 Å². The summed E-state index contributed by atoms with van der Waals surface area (Å²) in [5.74, 6) is -0.999. The van der Waals surface area contributed by atoms with Gasteiger partial charge in [-0.2, -0.15) is 0 Å². The highest BCUT2D eigenvalue weighted by Gasteiger charge is 2.24. The molecule has 0 bridgehead atoms. The second-order valence-corrected chi connectivity index (χ2v) is 3.31. The first-order valence-corrected chi connectivity index (χ1v) is 4.41. The van der Waals surface area contributed by atoms with E-state index in [-0.39, 0.29) is 17.3 Å². The molecule has 1 aromatic rings. The summed E-state index contributed by atoms with van der Waals surface area (Å²) >= 11 is 0. The van der Waals surface area contributed by atoms with Gasteiger partial charge in [0.25, 0.3) is 5.91 Å². The number of halogens is 1. The summed E-state index contributed by atoms with van der Waals surface area (Å²) in [5.41, 5.74) is 1.27. The van der Waals surface area contributed by atoms with E-state index in [9.17, 15) is 14.0 Å². The quantitative estimate of drug-likeness (QED) is 0.710. The molecule has 1 aromatic carbocycles. The topological polar surface area (TPSA) is 46.2 Å². The van der Waals surface area contributed by atoms with Gasteiger partial charge >= 0.3 is 0 Å². The van der Waals surface area contributed by atoms with Crippen LogP contribution in [0.1, 0.15) is 12.5 Å². The Balaban J connectivity index is 2.56. The van der Waals surface area contributed by atoms with Crippen LogP contribution in [0.3, 0.4) is 0 Å². The average molecular weight is 205 g/mol. The molecule has 15 heavy (non-hydrogen) atoms. The predicted octanol–water partition coefficient (Wildman–Crippen LogP) is 1.75. The number of ketones is 1. The summed E-state index contributed by atoms with van der Waals surface area (Å²) < 4.78 is 12.8. The Labute approximate surface area is 85.6 Å². The fourth-order valence-corrected chi connectivity index (χ4v) is 1.51. The first kappa shape index (κ1) is 9.58. The minimum absolute atomic E-state index is 0.211. The van der Waals surface area contributed by atoms with Crippen molar-refractivity contribution in [1.29, 1.82) is 0 Å². The fourth-order valence-electron chi connectivity index (χ4n) is 1.51. The molecule has 1 amide bonds. The van der Waals surface area contributed by atoms with E-state index in [0.717, 1.165) is 0 Å². The van der Waals surface area contributed by atoms with Crippen LogP contribution >= 0.6 is 0 Å². The minimum atomic E-state index is -0.418. The van der Waals surface area contributed by atoms with Gasteiger partial charge in [-0.1, -0.05) is 0 Å². The molecular formula is C11H8FNO2. The Morgan fingerprint density at radius 2 is 2.20 bits per heavy atom. The molecule has 0 radical (unpaired) electrons. The molecule has 1 heterocycles. The van der Waals surface area contributed by atoms with Crippen LogP contribution in [0.25, 0.3) is 5.57 Å². The van der Waals surface area contributed by atoms with Gasteiger partial charge in [-0.25, -0.2) is 4.39 Å². The van der Waals surface area contributed by atoms with Crippen LogP contribution in [0.5, 0.6) is 0 Å². The van der Waals surface area contributed by atoms with Crippen molar-refractivity contribution in [2.45, 2.75) is 6.92 Å². The zero-order valence-electron chi connectivity index (χ0n) is 8.00. The van der Waals surface area contributed by atoms with Crippen LogP contribution < -0.4 is 5.32 Å². The molecule has 0 aromatic heterocycles. The number of carbonyl (C=O) groups is 2. The summed E-state index contributed by atoms with van der Waals surface area (Å²) in [5, 5.41) is 2.49. The fraction of sp³-hybridized carbons (Fsp3) is 0.0909. The zero-order valence-corrected chi connectivity index (χ0v) is 8.00. The van der Waals surface area contributed by atoms with Crippen molar-refractivity contribution < 1.29 is 14.0 Å². The molecule has 0 fully saturated rings. The largest absolute Gasteiger partial charge is 0.321 e. The van der Waals surface area contributed by atoms with Crippen LogP contribution in [-0.2, 0) is 9.59 Å². The Morgan fingerprint density at radius 1 is 1.47 bits per heavy atom. The van der Waals surface area contributed by atoms with Crippen molar-refractivity contribution in [3.8, 4) is 0 Å². The second kappa shape index (κ2) is 3.31. The SMILES string of the molecule is CC(=O)/C=C1/C(=O)Nc2cc(F)ccc21. The molecule has 0 aliphatic carbocycles. The molecule has 0 saturated heterocycles. The predicted molar refractivity (Wildman–Crippen MR) is 53.7 cm³/mol. The summed E-state index contributed by atoms with van der Waals surface area (Å²) in [6.45, 7) is 1.36. The van der Waals surface area contributed by atoms with Crippen molar-refractivity contribution in [2.24, 2.45) is 0 Å². The van der Waals surface area contributed by atoms with Crippen molar-refractivity contribution in [2.75, 3.05) is 5.32 Å². The van der Waals surface area contributed by atoms with Crippen LogP contribution in [0.2, 0.25) is 0 Å². The smallest absolute Gasteiger partial charge is 0.256 e. The van der Waals surface area contributed by atoms with E-state index in [0.29, 0.717) is 11.3 Å². The van der Waals surface area contributed by atoms with Gasteiger partial charge < -0.3 is 5.32 Å². The summed E-state index contributed by atoms with van der Waals surface area (Å²) in [7, 11) is 0. The van der Waals surface area contributed by atoms with Gasteiger partial charge in [0.2, 0.25) is 0 Å². The van der Waals surface area contributed by atoms with E-state index in [1.54, 1.807) is 0 Å². The molecule has 3 nitrogen and oxygen atoms in total. The maximum absolute atomic E-state index is 12.8. The molecule has 1 aliphatic heterocycles. The number of anilines is 1. The van der Waals surface area contributed by atoms with Crippen molar-refractivity contribution >= 4 is 23.0 Å². The van der Waals surface area contributed by atoms with Crippen LogP contribution in [0.4, 0.5) is 10.1 Å². The number of carbonyl (C=O) groups excluding carboxylic acids is 2.